The summed E-state index contributed by atoms with van der Waals surface area (Å²) >= 11 is 0. The number of benzene rings is 1. The summed E-state index contributed by atoms with van der Waals surface area (Å²) in [6.45, 7) is 5.90. The summed E-state index contributed by atoms with van der Waals surface area (Å²) in [5, 5.41) is 4.44. The monoisotopic (exact) mass is 265 g/mol. The lowest BCUT2D eigenvalue weighted by Gasteiger charge is -2.09. The summed E-state index contributed by atoms with van der Waals surface area (Å²) in [5.74, 6) is -0.474. The highest BCUT2D eigenvalue weighted by molar-refractivity contribution is 5.91. The van der Waals surface area contributed by atoms with Gasteiger partial charge in [-0.2, -0.15) is 0 Å². The third-order valence-electron chi connectivity index (χ3n) is 3.02. The minimum absolute atomic E-state index is 0.140. The molecule has 0 bridgehead atoms. The largest absolute Gasteiger partial charge is 0.465 e. The van der Waals surface area contributed by atoms with E-state index in [0.29, 0.717) is 0 Å². The van der Waals surface area contributed by atoms with Crippen LogP contribution < -0.4 is 10.6 Å². The van der Waals surface area contributed by atoms with Crippen molar-refractivity contribution in [2.24, 2.45) is 0 Å². The van der Waals surface area contributed by atoms with Gasteiger partial charge in [-0.05, 0) is 44.0 Å². The molecule has 0 fully saturated rings. The van der Waals surface area contributed by atoms with Crippen molar-refractivity contribution >= 4 is 17.6 Å². The Labute approximate surface area is 113 Å². The van der Waals surface area contributed by atoms with E-state index in [0.717, 1.165) is 11.3 Å². The van der Waals surface area contributed by atoms with E-state index in [4.69, 9.17) is 0 Å². The van der Waals surface area contributed by atoms with Crippen LogP contribution in [0, 0.1) is 13.8 Å². The predicted octanol–water partition coefficient (Wildman–Crippen LogP) is 0.367. The minimum atomic E-state index is -0.379. The minimum Gasteiger partial charge on any atom is -0.465 e. The van der Waals surface area contributed by atoms with Crippen LogP contribution in [0.1, 0.15) is 18.1 Å². The van der Waals surface area contributed by atoms with Gasteiger partial charge in [0.05, 0.1) is 7.11 Å². The van der Waals surface area contributed by atoms with E-state index in [1.807, 2.05) is 32.0 Å². The molecular weight excluding hydrogens is 244 g/mol. The maximum atomic E-state index is 11.7. The molecule has 0 aromatic heterocycles. The molecule has 0 radical (unpaired) electrons. The fraction of sp³-hybridized carbons (Fsp3) is 0.429. The molecule has 104 valence electrons. The Kier molecular flexibility index (Phi) is 5.51. The van der Waals surface area contributed by atoms with Gasteiger partial charge in [-0.1, -0.05) is 6.07 Å². The second-order valence-electron chi connectivity index (χ2n) is 4.60. The van der Waals surface area contributed by atoms with Gasteiger partial charge in [0, 0.05) is 5.69 Å². The van der Waals surface area contributed by atoms with Gasteiger partial charge in [-0.15, -0.1) is 0 Å². The second kappa shape index (κ2) is 6.89. The third-order valence-corrected chi connectivity index (χ3v) is 3.02. The maximum absolute atomic E-state index is 11.7. The number of quaternary nitrogens is 1. The highest BCUT2D eigenvalue weighted by Gasteiger charge is 2.17. The van der Waals surface area contributed by atoms with Crippen molar-refractivity contribution in [1.29, 1.82) is 0 Å². The van der Waals surface area contributed by atoms with Crippen molar-refractivity contribution in [2.75, 3.05) is 19.0 Å². The van der Waals surface area contributed by atoms with E-state index in [1.54, 1.807) is 12.2 Å². The number of anilines is 1. The highest BCUT2D eigenvalue weighted by Crippen LogP contribution is 2.13. The third kappa shape index (κ3) is 4.71. The van der Waals surface area contributed by atoms with Gasteiger partial charge >= 0.3 is 5.97 Å². The predicted molar refractivity (Wildman–Crippen MR) is 72.8 cm³/mol. The molecule has 0 aliphatic carbocycles. The Morgan fingerprint density at radius 1 is 1.32 bits per heavy atom. The smallest absolute Gasteiger partial charge is 0.364 e. The van der Waals surface area contributed by atoms with Crippen LogP contribution in [0.3, 0.4) is 0 Å². The number of amides is 1. The van der Waals surface area contributed by atoms with Crippen molar-refractivity contribution < 1.29 is 19.6 Å². The van der Waals surface area contributed by atoms with Crippen LogP contribution in [0.2, 0.25) is 0 Å². The van der Waals surface area contributed by atoms with Crippen molar-refractivity contribution in [3.63, 3.8) is 0 Å². The Morgan fingerprint density at radius 2 is 2.00 bits per heavy atom. The number of hydrogen-bond acceptors (Lipinski definition) is 3. The Balaban J connectivity index is 2.47. The van der Waals surface area contributed by atoms with Gasteiger partial charge in [-0.3, -0.25) is 4.79 Å². The topological polar surface area (TPSA) is 72.0 Å². The summed E-state index contributed by atoms with van der Waals surface area (Å²) in [4.78, 5) is 22.9. The molecule has 0 unspecified atom stereocenters. The number of hydrogen-bond donors (Lipinski definition) is 2. The van der Waals surface area contributed by atoms with E-state index < -0.39 is 0 Å². The van der Waals surface area contributed by atoms with E-state index in [9.17, 15) is 9.59 Å². The summed E-state index contributed by atoms with van der Waals surface area (Å²) < 4.78 is 4.59. The fourth-order valence-electron chi connectivity index (χ4n) is 1.60. The quantitative estimate of drug-likeness (QED) is 0.755. The molecule has 5 nitrogen and oxygen atoms in total. The van der Waals surface area contributed by atoms with Crippen molar-refractivity contribution in [2.45, 2.75) is 26.8 Å². The van der Waals surface area contributed by atoms with Crippen LogP contribution in [0.5, 0.6) is 0 Å². The van der Waals surface area contributed by atoms with E-state index in [1.165, 1.54) is 12.7 Å². The first-order valence-corrected chi connectivity index (χ1v) is 6.22. The molecule has 5 heteroatoms. The number of nitrogens with one attached hydrogen (secondary N) is 1. The maximum Gasteiger partial charge on any atom is 0.364 e. The first-order valence-electron chi connectivity index (χ1n) is 6.22. The molecule has 3 N–H and O–H groups in total. The van der Waals surface area contributed by atoms with Crippen LogP contribution in [0.25, 0.3) is 0 Å². The van der Waals surface area contributed by atoms with Crippen LogP contribution in [-0.2, 0) is 14.3 Å². The van der Waals surface area contributed by atoms with Crippen LogP contribution in [-0.4, -0.2) is 31.6 Å². The first-order chi connectivity index (χ1) is 8.93. The molecule has 0 aliphatic heterocycles. The molecule has 0 heterocycles. The van der Waals surface area contributed by atoms with Crippen molar-refractivity contribution in [3.05, 3.63) is 29.3 Å². The molecule has 19 heavy (non-hydrogen) atoms. The standard InChI is InChI=1S/C14H20N2O3/c1-9-5-6-12(7-10(9)2)16-13(17)8-15-11(3)14(18)19-4/h5-7,11,15H,8H2,1-4H3,(H,16,17)/p+1/t11-/m0/s1. The van der Waals surface area contributed by atoms with E-state index >= 15 is 0 Å². The Morgan fingerprint density at radius 3 is 2.58 bits per heavy atom. The molecule has 0 saturated heterocycles. The highest BCUT2D eigenvalue weighted by atomic mass is 16.5. The van der Waals surface area contributed by atoms with Gasteiger partial charge < -0.3 is 15.4 Å². The lowest BCUT2D eigenvalue weighted by atomic mass is 10.1. The molecule has 0 aliphatic rings. The molecular formula is C14H21N2O3+. The molecule has 0 saturated carbocycles. The molecule has 1 aromatic carbocycles. The zero-order valence-corrected chi connectivity index (χ0v) is 11.8. The molecule has 0 spiro atoms. The Bertz CT molecular complexity index is 472. The lowest BCUT2D eigenvalue weighted by molar-refractivity contribution is -0.664. The van der Waals surface area contributed by atoms with Crippen molar-refractivity contribution in [3.8, 4) is 0 Å². The van der Waals surface area contributed by atoms with E-state index in [-0.39, 0.29) is 24.5 Å². The summed E-state index contributed by atoms with van der Waals surface area (Å²) in [6.07, 6.45) is 0. The first kappa shape index (κ1) is 15.2. The second-order valence-corrected chi connectivity index (χ2v) is 4.60. The van der Waals surface area contributed by atoms with Gasteiger partial charge in [0.25, 0.3) is 5.91 Å². The normalized spacial score (nSPS) is 11.8. The number of carbonyl (C=O) groups excluding carboxylic acids is 2. The number of esters is 1. The number of ether oxygens (including phenoxy) is 1. The molecule has 1 rings (SSSR count). The number of carbonyl (C=O) groups is 2. The number of nitrogens with two attached hydrogens (primary N) is 1. The number of aryl methyl sites for hydroxylation is 2. The Hall–Kier alpha value is -1.88. The zero-order valence-electron chi connectivity index (χ0n) is 11.8. The summed E-state index contributed by atoms with van der Waals surface area (Å²) in [5.41, 5.74) is 3.08. The fourth-order valence-corrected chi connectivity index (χ4v) is 1.60. The lowest BCUT2D eigenvalue weighted by Crippen LogP contribution is -2.92. The average Bonchev–Trinajstić information content (AvgIpc) is 2.39. The number of methoxy groups -OCH3 is 1. The van der Waals surface area contributed by atoms with Crippen molar-refractivity contribution in [1.82, 2.24) is 0 Å². The summed E-state index contributed by atoms with van der Waals surface area (Å²) in [6, 6.07) is 5.38. The van der Waals surface area contributed by atoms with Gasteiger partial charge in [0.15, 0.2) is 12.6 Å². The van der Waals surface area contributed by atoms with E-state index in [2.05, 4.69) is 10.1 Å². The molecule has 1 atom stereocenters. The van der Waals surface area contributed by atoms with Crippen LogP contribution in [0.4, 0.5) is 5.69 Å². The van der Waals surface area contributed by atoms with Gasteiger partial charge in [0.1, 0.15) is 0 Å². The molecule has 1 aromatic rings. The van der Waals surface area contributed by atoms with Gasteiger partial charge in [0.2, 0.25) is 0 Å². The zero-order chi connectivity index (χ0) is 14.4. The van der Waals surface area contributed by atoms with Crippen LogP contribution >= 0.6 is 0 Å². The number of rotatable bonds is 5. The SMILES string of the molecule is COC(=O)[C@H](C)[NH2+]CC(=O)Nc1ccc(C)c(C)c1. The summed E-state index contributed by atoms with van der Waals surface area (Å²) in [7, 11) is 1.34. The van der Waals surface area contributed by atoms with Gasteiger partial charge in [-0.25, -0.2) is 4.79 Å². The average molecular weight is 265 g/mol. The van der Waals surface area contributed by atoms with Crippen LogP contribution in [0.15, 0.2) is 18.2 Å². The molecule has 1 amide bonds.